The van der Waals surface area contributed by atoms with Gasteiger partial charge in [-0.05, 0) is 43.7 Å². The molecule has 0 radical (unpaired) electrons. The average Bonchev–Trinajstić information content (AvgIpc) is 2.93. The Balaban J connectivity index is 2.03. The molecule has 1 fully saturated rings. The van der Waals surface area contributed by atoms with Crippen LogP contribution in [0.2, 0.25) is 5.02 Å². The van der Waals surface area contributed by atoms with Crippen LogP contribution in [0, 0.1) is 6.92 Å². The molecule has 1 aliphatic heterocycles. The Kier molecular flexibility index (Phi) is 6.17. The lowest BCUT2D eigenvalue weighted by Crippen LogP contribution is -2.32. The van der Waals surface area contributed by atoms with Crippen molar-refractivity contribution in [3.8, 4) is 0 Å². The van der Waals surface area contributed by atoms with E-state index in [1.807, 2.05) is 50.2 Å². The number of rotatable bonds is 6. The van der Waals surface area contributed by atoms with Gasteiger partial charge in [0.2, 0.25) is 0 Å². The summed E-state index contributed by atoms with van der Waals surface area (Å²) in [6, 6.07) is 14.6. The normalized spacial score (nSPS) is 18.6. The molecule has 0 bridgehead atoms. The number of nitrogens with zero attached hydrogens (tertiary/aromatic N) is 1. The predicted octanol–water partition coefficient (Wildman–Crippen LogP) is 4.13. The van der Waals surface area contributed by atoms with Gasteiger partial charge in [0.15, 0.2) is 0 Å². The zero-order chi connectivity index (χ0) is 20.3. The van der Waals surface area contributed by atoms with E-state index in [2.05, 4.69) is 5.32 Å². The van der Waals surface area contributed by atoms with Crippen LogP contribution in [-0.4, -0.2) is 36.9 Å². The second-order valence-electron chi connectivity index (χ2n) is 6.80. The monoisotopic (exact) mass is 398 g/mol. The highest BCUT2D eigenvalue weighted by Crippen LogP contribution is 2.38. The van der Waals surface area contributed by atoms with E-state index in [9.17, 15) is 9.59 Å². The molecule has 0 unspecified atom stereocenters. The van der Waals surface area contributed by atoms with Crippen LogP contribution in [0.4, 0.5) is 5.69 Å². The Bertz CT molecular complexity index is 904. The van der Waals surface area contributed by atoms with E-state index in [0.717, 1.165) is 16.8 Å². The third kappa shape index (κ3) is 4.11. The molecule has 1 atom stereocenters. The van der Waals surface area contributed by atoms with E-state index >= 15 is 0 Å². The number of carbonyl (C=O) groups excluding carboxylic acids is 2. The number of Topliss-reactive ketones (excluding diaryl/α,β-unsaturated/α-hetero) is 1. The summed E-state index contributed by atoms with van der Waals surface area (Å²) in [6.45, 7) is 4.51. The molecule has 3 rings (SSSR count). The Morgan fingerprint density at radius 3 is 2.36 bits per heavy atom. The molecule has 0 saturated carbocycles. The number of ether oxygens (including phenoxy) is 1. The maximum absolute atomic E-state index is 12.9. The summed E-state index contributed by atoms with van der Waals surface area (Å²) in [5.41, 5.74) is 3.94. The maximum Gasteiger partial charge on any atom is 0.295 e. The number of nitrogens with one attached hydrogen (secondary N) is 1. The van der Waals surface area contributed by atoms with Gasteiger partial charge in [-0.2, -0.15) is 0 Å². The molecule has 1 aliphatic rings. The maximum atomic E-state index is 12.9. The topological polar surface area (TPSA) is 58.6 Å². The molecular formula is C22H23ClN2O3. The van der Waals surface area contributed by atoms with Crippen LogP contribution in [0.5, 0.6) is 0 Å². The molecule has 1 heterocycles. The van der Waals surface area contributed by atoms with Crippen molar-refractivity contribution in [3.63, 3.8) is 0 Å². The first-order valence-electron chi connectivity index (χ1n) is 9.06. The molecule has 1 N–H and O–H groups in total. The lowest BCUT2D eigenvalue weighted by molar-refractivity contribution is -0.140. The number of allylic oxidation sites excluding steroid dienone is 1. The van der Waals surface area contributed by atoms with E-state index in [-0.39, 0.29) is 0 Å². The molecule has 0 aromatic heterocycles. The molecule has 1 amide bonds. The minimum absolute atomic E-state index is 0.329. The van der Waals surface area contributed by atoms with Crippen molar-refractivity contribution in [2.75, 3.05) is 25.6 Å². The zero-order valence-corrected chi connectivity index (χ0v) is 16.9. The Morgan fingerprint density at radius 2 is 1.75 bits per heavy atom. The second-order valence-corrected chi connectivity index (χ2v) is 7.24. The fourth-order valence-electron chi connectivity index (χ4n) is 3.35. The molecule has 5 nitrogen and oxygen atoms in total. The zero-order valence-electron chi connectivity index (χ0n) is 16.2. The fourth-order valence-corrected chi connectivity index (χ4v) is 3.48. The number of anilines is 1. The van der Waals surface area contributed by atoms with Gasteiger partial charge in [-0.15, -0.1) is 0 Å². The first-order valence-corrected chi connectivity index (χ1v) is 9.44. The van der Waals surface area contributed by atoms with Crippen LogP contribution >= 0.6 is 11.6 Å². The number of amides is 1. The number of halogens is 1. The number of hydrogen-bond donors (Lipinski definition) is 1. The number of likely N-dealkylation sites (tertiary alicyclic amines) is 1. The third-order valence-electron chi connectivity index (χ3n) is 4.79. The van der Waals surface area contributed by atoms with Crippen molar-refractivity contribution in [1.29, 1.82) is 0 Å². The number of ketones is 1. The Morgan fingerprint density at radius 1 is 1.11 bits per heavy atom. The van der Waals surface area contributed by atoms with Gasteiger partial charge in [0.05, 0.1) is 18.2 Å². The summed E-state index contributed by atoms with van der Waals surface area (Å²) in [7, 11) is 1.57. The molecule has 6 heteroatoms. The van der Waals surface area contributed by atoms with Gasteiger partial charge in [-0.1, -0.05) is 41.4 Å². The molecule has 146 valence electrons. The van der Waals surface area contributed by atoms with Gasteiger partial charge in [0.1, 0.15) is 0 Å². The summed E-state index contributed by atoms with van der Waals surface area (Å²) in [5.74, 6) is -1.01. The summed E-state index contributed by atoms with van der Waals surface area (Å²) in [6.07, 6.45) is 0. The second kappa shape index (κ2) is 8.59. The molecule has 0 spiro atoms. The highest BCUT2D eigenvalue weighted by Gasteiger charge is 2.44. The predicted molar refractivity (Wildman–Crippen MR) is 110 cm³/mol. The van der Waals surface area contributed by atoms with Gasteiger partial charge in [0, 0.05) is 30.1 Å². The summed E-state index contributed by atoms with van der Waals surface area (Å²) in [5, 5.41) is 3.87. The molecule has 0 aliphatic carbocycles. The van der Waals surface area contributed by atoms with Gasteiger partial charge in [-0.3, -0.25) is 9.59 Å². The van der Waals surface area contributed by atoms with E-state index < -0.39 is 17.7 Å². The largest absolute Gasteiger partial charge is 0.383 e. The number of hydrogen-bond acceptors (Lipinski definition) is 4. The molecule has 2 aromatic rings. The minimum Gasteiger partial charge on any atom is -0.383 e. The molecule has 28 heavy (non-hydrogen) atoms. The first-order chi connectivity index (χ1) is 13.4. The number of aryl methyl sites for hydroxylation is 1. The van der Waals surface area contributed by atoms with Crippen LogP contribution in [0.3, 0.4) is 0 Å². The fraction of sp³-hybridized carbons (Fsp3) is 0.273. The van der Waals surface area contributed by atoms with Crippen LogP contribution in [-0.2, 0) is 14.3 Å². The Hall–Kier alpha value is -2.63. The van der Waals surface area contributed by atoms with Crippen LogP contribution in [0.15, 0.2) is 59.8 Å². The summed E-state index contributed by atoms with van der Waals surface area (Å²) >= 11 is 6.02. The standard InChI is InChI=1S/C22H23ClN2O3/c1-14-4-10-18(11-5-14)24-15(2)19-20(16-6-8-17(23)9-7-16)25(12-13-28-3)22(27)21(19)26/h4-11,20,24H,12-13H2,1-3H3/b19-15+/t20-/m0/s1. The average molecular weight is 399 g/mol. The van der Waals surface area contributed by atoms with Crippen molar-refractivity contribution in [2.45, 2.75) is 19.9 Å². The number of methoxy groups -OCH3 is 1. The van der Waals surface area contributed by atoms with Crippen LogP contribution in [0.1, 0.15) is 24.1 Å². The lowest BCUT2D eigenvalue weighted by atomic mass is 9.97. The highest BCUT2D eigenvalue weighted by atomic mass is 35.5. The smallest absolute Gasteiger partial charge is 0.295 e. The lowest BCUT2D eigenvalue weighted by Gasteiger charge is -2.25. The van der Waals surface area contributed by atoms with Crippen molar-refractivity contribution in [1.82, 2.24) is 4.90 Å². The molecule has 2 aromatic carbocycles. The quantitative estimate of drug-likeness (QED) is 0.587. The van der Waals surface area contributed by atoms with E-state index in [1.165, 1.54) is 0 Å². The van der Waals surface area contributed by atoms with Crippen molar-refractivity contribution in [3.05, 3.63) is 76.0 Å². The SMILES string of the molecule is COCCN1C(=O)C(=O)/C(=C(\C)Nc2ccc(C)cc2)[C@@H]1c1ccc(Cl)cc1. The number of carbonyl (C=O) groups is 2. The highest BCUT2D eigenvalue weighted by molar-refractivity contribution is 6.45. The number of benzene rings is 2. The van der Waals surface area contributed by atoms with Gasteiger partial charge in [-0.25, -0.2) is 0 Å². The van der Waals surface area contributed by atoms with E-state index in [0.29, 0.717) is 29.4 Å². The third-order valence-corrected chi connectivity index (χ3v) is 5.05. The molecule has 1 saturated heterocycles. The molecular weight excluding hydrogens is 376 g/mol. The van der Waals surface area contributed by atoms with Gasteiger partial charge in [0.25, 0.3) is 11.7 Å². The van der Waals surface area contributed by atoms with E-state index in [1.54, 1.807) is 24.1 Å². The summed E-state index contributed by atoms with van der Waals surface area (Å²) in [4.78, 5) is 27.1. The van der Waals surface area contributed by atoms with Gasteiger partial charge < -0.3 is 15.0 Å². The van der Waals surface area contributed by atoms with Crippen LogP contribution in [0.25, 0.3) is 0 Å². The van der Waals surface area contributed by atoms with Gasteiger partial charge >= 0.3 is 0 Å². The van der Waals surface area contributed by atoms with Crippen LogP contribution < -0.4 is 5.32 Å². The van der Waals surface area contributed by atoms with Crippen molar-refractivity contribution >= 4 is 29.0 Å². The van der Waals surface area contributed by atoms with Crippen molar-refractivity contribution in [2.24, 2.45) is 0 Å². The minimum atomic E-state index is -0.517. The Labute approximate surface area is 169 Å². The van der Waals surface area contributed by atoms with Crippen molar-refractivity contribution < 1.29 is 14.3 Å². The first kappa shape index (κ1) is 20.1. The summed E-state index contributed by atoms with van der Waals surface area (Å²) < 4.78 is 5.14. The van der Waals surface area contributed by atoms with E-state index in [4.69, 9.17) is 16.3 Å².